The number of hydrogen-bond donors (Lipinski definition) is 2. The smallest absolute Gasteiger partial charge is 0.266 e. The van der Waals surface area contributed by atoms with E-state index in [9.17, 15) is 9.90 Å². The molecule has 2 rings (SSSR count). The second-order valence-electron chi connectivity index (χ2n) is 6.40. The molecule has 1 heterocycles. The maximum Gasteiger partial charge on any atom is 0.266 e. The fourth-order valence-corrected chi connectivity index (χ4v) is 2.01. The minimum Gasteiger partial charge on any atom is -0.504 e. The summed E-state index contributed by atoms with van der Waals surface area (Å²) >= 11 is 0. The zero-order valence-electron chi connectivity index (χ0n) is 13.8. The standard InChI is InChI=1S/C18H22N2O3/c1-12(17(22)20-16-15(21)9-6-10-19-16)23-14-8-5-7-13(11-14)18(2,3)4/h5-12,21H,1-4H3,(H,19,20,22). The lowest BCUT2D eigenvalue weighted by Gasteiger charge is -2.21. The molecule has 1 atom stereocenters. The third-order valence-corrected chi connectivity index (χ3v) is 3.41. The first-order valence-electron chi connectivity index (χ1n) is 7.49. The number of nitrogens with one attached hydrogen (secondary N) is 1. The molecule has 5 heteroatoms. The number of anilines is 1. The Hall–Kier alpha value is -2.56. The van der Waals surface area contributed by atoms with Gasteiger partial charge in [0.05, 0.1) is 0 Å². The Kier molecular flexibility index (Phi) is 4.89. The van der Waals surface area contributed by atoms with Crippen LogP contribution in [0.3, 0.4) is 0 Å². The summed E-state index contributed by atoms with van der Waals surface area (Å²) in [6, 6.07) is 10.7. The highest BCUT2D eigenvalue weighted by molar-refractivity contribution is 5.94. The summed E-state index contributed by atoms with van der Waals surface area (Å²) in [5.74, 6) is 0.296. The van der Waals surface area contributed by atoms with Crippen LogP contribution in [0.15, 0.2) is 42.6 Å². The van der Waals surface area contributed by atoms with E-state index in [1.807, 2.05) is 24.3 Å². The van der Waals surface area contributed by atoms with Crippen LogP contribution in [0.1, 0.15) is 33.3 Å². The fraction of sp³-hybridized carbons (Fsp3) is 0.333. The van der Waals surface area contributed by atoms with E-state index in [1.54, 1.807) is 13.0 Å². The van der Waals surface area contributed by atoms with Crippen LogP contribution in [0.2, 0.25) is 0 Å². The van der Waals surface area contributed by atoms with Crippen molar-refractivity contribution in [1.29, 1.82) is 0 Å². The van der Waals surface area contributed by atoms with Gasteiger partial charge in [0.15, 0.2) is 17.7 Å². The van der Waals surface area contributed by atoms with Crippen molar-refractivity contribution in [3.05, 3.63) is 48.2 Å². The average Bonchev–Trinajstić information content (AvgIpc) is 2.49. The van der Waals surface area contributed by atoms with Gasteiger partial charge in [-0.1, -0.05) is 32.9 Å². The lowest BCUT2D eigenvalue weighted by atomic mass is 9.87. The van der Waals surface area contributed by atoms with Gasteiger partial charge in [0, 0.05) is 6.20 Å². The van der Waals surface area contributed by atoms with Gasteiger partial charge < -0.3 is 15.2 Å². The normalized spacial score (nSPS) is 12.5. The fourth-order valence-electron chi connectivity index (χ4n) is 2.01. The third-order valence-electron chi connectivity index (χ3n) is 3.41. The van der Waals surface area contributed by atoms with Gasteiger partial charge in [0.2, 0.25) is 0 Å². The van der Waals surface area contributed by atoms with E-state index in [0.717, 1.165) is 5.56 Å². The Morgan fingerprint density at radius 1 is 1.26 bits per heavy atom. The number of carbonyl (C=O) groups excluding carboxylic acids is 1. The molecule has 5 nitrogen and oxygen atoms in total. The summed E-state index contributed by atoms with van der Waals surface area (Å²) in [5.41, 5.74) is 1.13. The minimum atomic E-state index is -0.716. The van der Waals surface area contributed by atoms with Crippen molar-refractivity contribution in [2.45, 2.75) is 39.2 Å². The summed E-state index contributed by atoms with van der Waals surface area (Å²) in [4.78, 5) is 16.1. The molecule has 0 aliphatic carbocycles. The third kappa shape index (κ3) is 4.45. The Labute approximate surface area is 136 Å². The molecule has 122 valence electrons. The number of carbonyl (C=O) groups is 1. The lowest BCUT2D eigenvalue weighted by Crippen LogP contribution is -2.30. The summed E-state index contributed by atoms with van der Waals surface area (Å²) in [5, 5.41) is 12.2. The van der Waals surface area contributed by atoms with Gasteiger partial charge in [-0.3, -0.25) is 4.79 Å². The van der Waals surface area contributed by atoms with Gasteiger partial charge in [-0.2, -0.15) is 0 Å². The Morgan fingerprint density at radius 2 is 2.00 bits per heavy atom. The van der Waals surface area contributed by atoms with Crippen LogP contribution in [0.4, 0.5) is 5.82 Å². The van der Waals surface area contributed by atoms with Crippen molar-refractivity contribution in [3.8, 4) is 11.5 Å². The molecular weight excluding hydrogens is 292 g/mol. The van der Waals surface area contributed by atoms with Gasteiger partial charge in [-0.05, 0) is 42.2 Å². The average molecular weight is 314 g/mol. The number of benzene rings is 1. The number of pyridine rings is 1. The van der Waals surface area contributed by atoms with Crippen molar-refractivity contribution < 1.29 is 14.6 Å². The van der Waals surface area contributed by atoms with Crippen molar-refractivity contribution >= 4 is 11.7 Å². The molecule has 2 aromatic rings. The van der Waals surface area contributed by atoms with Crippen LogP contribution >= 0.6 is 0 Å². The number of amides is 1. The maximum atomic E-state index is 12.2. The second kappa shape index (κ2) is 6.69. The lowest BCUT2D eigenvalue weighted by molar-refractivity contribution is -0.122. The van der Waals surface area contributed by atoms with Crippen molar-refractivity contribution in [2.24, 2.45) is 0 Å². The molecule has 23 heavy (non-hydrogen) atoms. The van der Waals surface area contributed by atoms with Crippen LogP contribution in [0, 0.1) is 0 Å². The maximum absolute atomic E-state index is 12.2. The second-order valence-corrected chi connectivity index (χ2v) is 6.40. The molecule has 1 unspecified atom stereocenters. The van der Waals surface area contributed by atoms with Crippen molar-refractivity contribution in [1.82, 2.24) is 4.98 Å². The molecule has 0 fully saturated rings. The number of aromatic nitrogens is 1. The van der Waals surface area contributed by atoms with Gasteiger partial charge in [-0.15, -0.1) is 0 Å². The summed E-state index contributed by atoms with van der Waals surface area (Å²) in [6.07, 6.45) is 0.778. The predicted molar refractivity (Wildman–Crippen MR) is 89.8 cm³/mol. The predicted octanol–water partition coefficient (Wildman–Crippen LogP) is 3.49. The largest absolute Gasteiger partial charge is 0.504 e. The van der Waals surface area contributed by atoms with Crippen LogP contribution < -0.4 is 10.1 Å². The topological polar surface area (TPSA) is 71.5 Å². The number of rotatable bonds is 4. The Bertz CT molecular complexity index is 693. The van der Waals surface area contributed by atoms with E-state index in [1.165, 1.54) is 12.3 Å². The van der Waals surface area contributed by atoms with E-state index < -0.39 is 6.10 Å². The van der Waals surface area contributed by atoms with Crippen LogP contribution in [0.5, 0.6) is 11.5 Å². The highest BCUT2D eigenvalue weighted by atomic mass is 16.5. The number of ether oxygens (including phenoxy) is 1. The van der Waals surface area contributed by atoms with E-state index >= 15 is 0 Å². The van der Waals surface area contributed by atoms with Crippen molar-refractivity contribution in [3.63, 3.8) is 0 Å². The van der Waals surface area contributed by atoms with Crippen molar-refractivity contribution in [2.75, 3.05) is 5.32 Å². The SMILES string of the molecule is CC(Oc1cccc(C(C)(C)C)c1)C(=O)Nc1ncccc1O. The molecule has 0 aliphatic heterocycles. The van der Waals surface area contributed by atoms with E-state index in [0.29, 0.717) is 5.75 Å². The summed E-state index contributed by atoms with van der Waals surface area (Å²) in [7, 11) is 0. The van der Waals surface area contributed by atoms with E-state index in [-0.39, 0.29) is 22.9 Å². The first-order valence-corrected chi connectivity index (χ1v) is 7.49. The zero-order chi connectivity index (χ0) is 17.0. The molecule has 1 aromatic carbocycles. The molecule has 0 saturated carbocycles. The molecular formula is C18H22N2O3. The number of aromatic hydroxyl groups is 1. The van der Waals surface area contributed by atoms with Gasteiger partial charge in [-0.25, -0.2) is 4.98 Å². The van der Waals surface area contributed by atoms with Gasteiger partial charge >= 0.3 is 0 Å². The molecule has 0 radical (unpaired) electrons. The highest BCUT2D eigenvalue weighted by Gasteiger charge is 2.18. The monoisotopic (exact) mass is 314 g/mol. The number of nitrogens with zero attached hydrogens (tertiary/aromatic N) is 1. The molecule has 2 N–H and O–H groups in total. The summed E-state index contributed by atoms with van der Waals surface area (Å²) in [6.45, 7) is 8.00. The minimum absolute atomic E-state index is 0.00458. The van der Waals surface area contributed by atoms with Gasteiger partial charge in [0.25, 0.3) is 5.91 Å². The Balaban J connectivity index is 2.05. The van der Waals surface area contributed by atoms with Crippen LogP contribution in [-0.4, -0.2) is 22.1 Å². The molecule has 0 saturated heterocycles. The Morgan fingerprint density at radius 3 is 2.65 bits per heavy atom. The summed E-state index contributed by atoms with van der Waals surface area (Å²) < 4.78 is 5.70. The van der Waals surface area contributed by atoms with E-state index in [2.05, 4.69) is 31.1 Å². The molecule has 0 bridgehead atoms. The van der Waals surface area contributed by atoms with Gasteiger partial charge in [0.1, 0.15) is 5.75 Å². The first-order chi connectivity index (χ1) is 10.8. The molecule has 1 aromatic heterocycles. The van der Waals surface area contributed by atoms with Crippen LogP contribution in [-0.2, 0) is 10.2 Å². The van der Waals surface area contributed by atoms with E-state index in [4.69, 9.17) is 4.74 Å². The molecule has 0 aliphatic rings. The van der Waals surface area contributed by atoms with Crippen LogP contribution in [0.25, 0.3) is 0 Å². The zero-order valence-corrected chi connectivity index (χ0v) is 13.8. The quantitative estimate of drug-likeness (QED) is 0.906. The number of hydrogen-bond acceptors (Lipinski definition) is 4. The first kappa shape index (κ1) is 16.8. The highest BCUT2D eigenvalue weighted by Crippen LogP contribution is 2.26. The molecule has 1 amide bonds. The molecule has 0 spiro atoms.